The van der Waals surface area contributed by atoms with E-state index in [1.165, 1.54) is 12.3 Å². The van der Waals surface area contributed by atoms with E-state index in [0.717, 1.165) is 11.8 Å². The third-order valence-electron chi connectivity index (χ3n) is 1.63. The van der Waals surface area contributed by atoms with Crippen molar-refractivity contribution in [1.29, 1.82) is 10.5 Å². The fourth-order valence-corrected chi connectivity index (χ4v) is 1.40. The number of carbonyl (C=O) groups excluding carboxylic acids is 1. The lowest BCUT2D eigenvalue weighted by atomic mass is 10.3. The molecule has 1 rings (SSSR count). The van der Waals surface area contributed by atoms with Crippen molar-refractivity contribution in [2.75, 3.05) is 6.26 Å². The van der Waals surface area contributed by atoms with Crippen LogP contribution in [0.25, 0.3) is 0 Å². The average molecular weight is 233 g/mol. The topological polar surface area (TPSA) is 89.8 Å². The molecule has 0 aromatic carbocycles. The van der Waals surface area contributed by atoms with Crippen molar-refractivity contribution in [2.24, 2.45) is 0 Å². The second kappa shape index (κ2) is 5.64. The molecule has 0 radical (unpaired) electrons. The smallest absolute Gasteiger partial charge is 0.291 e. The molecule has 1 amide bonds. The number of furan rings is 1. The molecular formula is C10H7N3O2S. The minimum Gasteiger partial charge on any atom is -0.459 e. The Bertz CT molecular complexity index is 475. The van der Waals surface area contributed by atoms with Gasteiger partial charge in [-0.05, 0) is 18.4 Å². The van der Waals surface area contributed by atoms with E-state index >= 15 is 0 Å². The number of nitrogens with one attached hydrogen (secondary N) is 1. The highest BCUT2D eigenvalue weighted by atomic mass is 32.2. The van der Waals surface area contributed by atoms with Crippen molar-refractivity contribution in [3.05, 3.63) is 34.8 Å². The number of thioether (sulfide) groups is 1. The van der Waals surface area contributed by atoms with Crippen molar-refractivity contribution >= 4 is 17.7 Å². The number of amides is 1. The fraction of sp³-hybridized carbons (Fsp3) is 0.100. The molecule has 0 aliphatic carbocycles. The van der Waals surface area contributed by atoms with Crippen LogP contribution in [0.3, 0.4) is 0 Å². The molecule has 1 heterocycles. The Morgan fingerprint density at radius 2 is 2.19 bits per heavy atom. The zero-order valence-corrected chi connectivity index (χ0v) is 9.17. The van der Waals surface area contributed by atoms with Gasteiger partial charge in [0.1, 0.15) is 17.2 Å². The molecule has 0 fully saturated rings. The van der Waals surface area contributed by atoms with E-state index in [1.54, 1.807) is 24.5 Å². The Kier molecular flexibility index (Phi) is 4.19. The van der Waals surface area contributed by atoms with Crippen LogP contribution in [0.5, 0.6) is 0 Å². The number of allylic oxidation sites excluding steroid dienone is 1. The number of nitrogens with zero attached hydrogens (tertiary/aromatic N) is 2. The number of nitriles is 2. The minimum absolute atomic E-state index is 0.127. The highest BCUT2D eigenvalue weighted by Crippen LogP contribution is 2.14. The largest absolute Gasteiger partial charge is 0.459 e. The summed E-state index contributed by atoms with van der Waals surface area (Å²) in [6, 6.07) is 6.48. The van der Waals surface area contributed by atoms with Gasteiger partial charge in [0, 0.05) is 0 Å². The third kappa shape index (κ3) is 2.66. The molecule has 0 aliphatic heterocycles. The standard InChI is InChI=1S/C10H7N3O2S/c1-16-10(7(5-11)6-12)13-9(14)8-3-2-4-15-8/h2-4H,1H3,(H,13,14). The first-order valence-electron chi connectivity index (χ1n) is 4.16. The van der Waals surface area contributed by atoms with E-state index < -0.39 is 5.91 Å². The second-order valence-corrected chi connectivity index (χ2v) is 3.38. The summed E-state index contributed by atoms with van der Waals surface area (Å²) in [5.74, 6) is -0.362. The zero-order valence-electron chi connectivity index (χ0n) is 8.35. The SMILES string of the molecule is CSC(NC(=O)c1ccco1)=C(C#N)C#N. The van der Waals surface area contributed by atoms with Crippen LogP contribution in [0, 0.1) is 22.7 Å². The summed E-state index contributed by atoms with van der Waals surface area (Å²) in [5, 5.41) is 20.0. The van der Waals surface area contributed by atoms with Crippen molar-refractivity contribution < 1.29 is 9.21 Å². The molecule has 1 N–H and O–H groups in total. The summed E-state index contributed by atoms with van der Waals surface area (Å²) in [4.78, 5) is 11.5. The lowest BCUT2D eigenvalue weighted by Gasteiger charge is -2.04. The zero-order chi connectivity index (χ0) is 12.0. The number of hydrogen-bond donors (Lipinski definition) is 1. The summed E-state index contributed by atoms with van der Waals surface area (Å²) >= 11 is 1.11. The van der Waals surface area contributed by atoms with Gasteiger partial charge in [0.25, 0.3) is 5.91 Å². The Hall–Kier alpha value is -2.18. The Morgan fingerprint density at radius 1 is 1.50 bits per heavy atom. The van der Waals surface area contributed by atoms with Gasteiger partial charge in [-0.3, -0.25) is 4.79 Å². The molecule has 5 nitrogen and oxygen atoms in total. The molecule has 1 aromatic heterocycles. The number of hydrogen-bond acceptors (Lipinski definition) is 5. The molecule has 80 valence electrons. The van der Waals surface area contributed by atoms with Crippen LogP contribution in [0.4, 0.5) is 0 Å². The van der Waals surface area contributed by atoms with Gasteiger partial charge < -0.3 is 9.73 Å². The average Bonchev–Trinajstić information content (AvgIpc) is 2.82. The van der Waals surface area contributed by atoms with Crippen LogP contribution in [-0.4, -0.2) is 12.2 Å². The minimum atomic E-state index is -0.489. The van der Waals surface area contributed by atoms with E-state index in [9.17, 15) is 4.79 Å². The highest BCUT2D eigenvalue weighted by molar-refractivity contribution is 8.02. The maximum atomic E-state index is 11.5. The molecule has 1 aromatic rings. The Balaban J connectivity index is 2.89. The Morgan fingerprint density at radius 3 is 2.62 bits per heavy atom. The summed E-state index contributed by atoms with van der Waals surface area (Å²) < 4.78 is 4.88. The van der Waals surface area contributed by atoms with Crippen molar-refractivity contribution in [3.63, 3.8) is 0 Å². The van der Waals surface area contributed by atoms with Crippen LogP contribution in [-0.2, 0) is 0 Å². The van der Waals surface area contributed by atoms with Gasteiger partial charge in [-0.1, -0.05) is 0 Å². The molecule has 0 bridgehead atoms. The van der Waals surface area contributed by atoms with Crippen LogP contribution >= 0.6 is 11.8 Å². The van der Waals surface area contributed by atoms with Crippen LogP contribution in [0.1, 0.15) is 10.6 Å². The second-order valence-electron chi connectivity index (χ2n) is 2.56. The van der Waals surface area contributed by atoms with E-state index in [0.29, 0.717) is 0 Å². The molecular weight excluding hydrogens is 226 g/mol. The first-order chi connectivity index (χ1) is 7.72. The quantitative estimate of drug-likeness (QED) is 0.801. The molecule has 0 atom stereocenters. The fourth-order valence-electron chi connectivity index (χ4n) is 0.915. The van der Waals surface area contributed by atoms with Gasteiger partial charge in [-0.25, -0.2) is 0 Å². The lowest BCUT2D eigenvalue weighted by molar-refractivity contribution is 0.0941. The summed E-state index contributed by atoms with van der Waals surface area (Å²) in [6.07, 6.45) is 3.03. The van der Waals surface area contributed by atoms with Gasteiger partial charge >= 0.3 is 0 Å². The third-order valence-corrected chi connectivity index (χ3v) is 2.34. The first-order valence-corrected chi connectivity index (χ1v) is 5.38. The summed E-state index contributed by atoms with van der Waals surface area (Å²) in [5.41, 5.74) is -0.132. The highest BCUT2D eigenvalue weighted by Gasteiger charge is 2.13. The summed E-state index contributed by atoms with van der Waals surface area (Å²) in [7, 11) is 0. The van der Waals surface area contributed by atoms with Gasteiger partial charge in [-0.15, -0.1) is 11.8 Å². The Labute approximate surface area is 96.3 Å². The molecule has 0 saturated carbocycles. The van der Waals surface area contributed by atoms with E-state index in [2.05, 4.69) is 5.32 Å². The van der Waals surface area contributed by atoms with Crippen molar-refractivity contribution in [3.8, 4) is 12.1 Å². The number of rotatable bonds is 3. The van der Waals surface area contributed by atoms with Crippen LogP contribution < -0.4 is 5.32 Å². The van der Waals surface area contributed by atoms with Gasteiger partial charge in [0.15, 0.2) is 11.3 Å². The maximum absolute atomic E-state index is 11.5. The van der Waals surface area contributed by atoms with Gasteiger partial charge in [0.05, 0.1) is 6.26 Å². The summed E-state index contributed by atoms with van der Waals surface area (Å²) in [6.45, 7) is 0. The van der Waals surface area contributed by atoms with E-state index in [1.807, 2.05) is 0 Å². The predicted molar refractivity (Wildman–Crippen MR) is 57.9 cm³/mol. The van der Waals surface area contributed by atoms with Crippen molar-refractivity contribution in [1.82, 2.24) is 5.32 Å². The predicted octanol–water partition coefficient (Wildman–Crippen LogP) is 1.63. The van der Waals surface area contributed by atoms with E-state index in [-0.39, 0.29) is 16.4 Å². The molecule has 0 unspecified atom stereocenters. The van der Waals surface area contributed by atoms with Gasteiger partial charge in [-0.2, -0.15) is 10.5 Å². The van der Waals surface area contributed by atoms with E-state index in [4.69, 9.17) is 14.9 Å². The molecule has 0 aliphatic rings. The normalized spacial score (nSPS) is 8.69. The first kappa shape index (κ1) is 11.9. The van der Waals surface area contributed by atoms with Crippen LogP contribution in [0.15, 0.2) is 33.4 Å². The molecule has 6 heteroatoms. The molecule has 16 heavy (non-hydrogen) atoms. The maximum Gasteiger partial charge on any atom is 0.291 e. The monoisotopic (exact) mass is 233 g/mol. The van der Waals surface area contributed by atoms with Crippen molar-refractivity contribution in [2.45, 2.75) is 0 Å². The lowest BCUT2D eigenvalue weighted by Crippen LogP contribution is -2.21. The van der Waals surface area contributed by atoms with Crippen LogP contribution in [0.2, 0.25) is 0 Å². The number of carbonyl (C=O) groups is 1. The molecule has 0 spiro atoms. The van der Waals surface area contributed by atoms with Gasteiger partial charge in [0.2, 0.25) is 0 Å². The molecule has 0 saturated heterocycles.